The van der Waals surface area contributed by atoms with Gasteiger partial charge in [-0.2, -0.15) is 11.8 Å². The Hall–Kier alpha value is -2.71. The molecule has 1 saturated heterocycles. The first kappa shape index (κ1) is 22.5. The number of amides is 2. The van der Waals surface area contributed by atoms with Crippen LogP contribution in [0.1, 0.15) is 28.8 Å². The molecule has 8 heteroatoms. The van der Waals surface area contributed by atoms with Crippen LogP contribution in [0.5, 0.6) is 0 Å². The van der Waals surface area contributed by atoms with Crippen LogP contribution in [0, 0.1) is 25.6 Å². The lowest BCUT2D eigenvalue weighted by Gasteiger charge is -2.17. The highest BCUT2D eigenvalue weighted by atomic mass is 32.2. The molecule has 1 N–H and O–H groups in total. The molecule has 0 aliphatic carbocycles. The number of hydrogen-bond acceptors (Lipinski definition) is 5. The number of thioether (sulfide) groups is 1. The molecule has 32 heavy (non-hydrogen) atoms. The Kier molecular flexibility index (Phi) is 6.91. The Morgan fingerprint density at radius 3 is 2.72 bits per heavy atom. The minimum absolute atomic E-state index is 0.0366. The number of carbonyl (C=O) groups excluding carboxylic acids is 2. The van der Waals surface area contributed by atoms with E-state index in [9.17, 15) is 14.0 Å². The molecule has 2 aromatic carbocycles. The van der Waals surface area contributed by atoms with Gasteiger partial charge in [-0.3, -0.25) is 9.59 Å². The standard InChI is InChI=1S/C24H24FN3O2S2/c1-15-3-8-21(9-16(15)2)28-11-18(10-22(28)29)23(30)27-24-26-20(14-32-24)13-31-12-17-4-6-19(25)7-5-17/h3-9,14,18H,10-13H2,1-2H3,(H,26,27,30). The Balaban J connectivity index is 1.29. The van der Waals surface area contributed by atoms with Crippen molar-refractivity contribution in [3.05, 3.63) is 76.0 Å². The number of carbonyl (C=O) groups is 2. The van der Waals surface area contributed by atoms with E-state index >= 15 is 0 Å². The van der Waals surface area contributed by atoms with Gasteiger partial charge >= 0.3 is 0 Å². The molecular weight excluding hydrogens is 445 g/mol. The fourth-order valence-corrected chi connectivity index (χ4v) is 5.22. The predicted molar refractivity (Wildman–Crippen MR) is 129 cm³/mol. The van der Waals surface area contributed by atoms with Gasteiger partial charge in [0.2, 0.25) is 11.8 Å². The van der Waals surface area contributed by atoms with Crippen LogP contribution in [0.25, 0.3) is 0 Å². The van der Waals surface area contributed by atoms with Crippen molar-refractivity contribution in [1.29, 1.82) is 0 Å². The van der Waals surface area contributed by atoms with Crippen molar-refractivity contribution < 1.29 is 14.0 Å². The number of nitrogens with one attached hydrogen (secondary N) is 1. The number of aromatic nitrogens is 1. The van der Waals surface area contributed by atoms with Crippen LogP contribution in [0.15, 0.2) is 47.8 Å². The third-order valence-electron chi connectivity index (χ3n) is 5.51. The molecule has 1 atom stereocenters. The second kappa shape index (κ2) is 9.83. The molecule has 1 aliphatic heterocycles. The van der Waals surface area contributed by atoms with Gasteiger partial charge in [-0.15, -0.1) is 11.3 Å². The number of rotatable bonds is 7. The van der Waals surface area contributed by atoms with Gasteiger partial charge in [0.05, 0.1) is 11.6 Å². The summed E-state index contributed by atoms with van der Waals surface area (Å²) < 4.78 is 13.0. The first-order chi connectivity index (χ1) is 15.4. The average Bonchev–Trinajstić information content (AvgIpc) is 3.38. The van der Waals surface area contributed by atoms with Gasteiger partial charge in [0, 0.05) is 35.5 Å². The van der Waals surface area contributed by atoms with Gasteiger partial charge in [0.25, 0.3) is 0 Å². The Morgan fingerprint density at radius 2 is 1.97 bits per heavy atom. The predicted octanol–water partition coefficient (Wildman–Crippen LogP) is 5.32. The summed E-state index contributed by atoms with van der Waals surface area (Å²) in [6.07, 6.45) is 0.199. The second-order valence-corrected chi connectivity index (χ2v) is 9.77. The van der Waals surface area contributed by atoms with Crippen molar-refractivity contribution in [1.82, 2.24) is 4.98 Å². The van der Waals surface area contributed by atoms with Gasteiger partial charge in [-0.05, 0) is 54.8 Å². The van der Waals surface area contributed by atoms with Crippen molar-refractivity contribution in [2.45, 2.75) is 31.8 Å². The van der Waals surface area contributed by atoms with Gasteiger partial charge in [-0.1, -0.05) is 18.2 Å². The lowest BCUT2D eigenvalue weighted by atomic mass is 10.1. The van der Waals surface area contributed by atoms with E-state index in [0.717, 1.165) is 28.3 Å². The number of anilines is 2. The Labute approximate surface area is 195 Å². The van der Waals surface area contributed by atoms with Gasteiger partial charge in [0.15, 0.2) is 5.13 Å². The topological polar surface area (TPSA) is 62.3 Å². The number of nitrogens with zero attached hydrogens (tertiary/aromatic N) is 2. The number of aryl methyl sites for hydroxylation is 2. The molecule has 2 amide bonds. The third-order valence-corrected chi connectivity index (χ3v) is 7.36. The van der Waals surface area contributed by atoms with Gasteiger partial charge in [-0.25, -0.2) is 9.37 Å². The molecule has 1 unspecified atom stereocenters. The quantitative estimate of drug-likeness (QED) is 0.508. The summed E-state index contributed by atoms with van der Waals surface area (Å²) in [6, 6.07) is 12.4. The minimum Gasteiger partial charge on any atom is -0.312 e. The van der Waals surface area contributed by atoms with E-state index in [1.54, 1.807) is 28.8 Å². The first-order valence-electron chi connectivity index (χ1n) is 10.3. The van der Waals surface area contributed by atoms with Crippen molar-refractivity contribution in [2.75, 3.05) is 16.8 Å². The summed E-state index contributed by atoms with van der Waals surface area (Å²) in [5, 5.41) is 5.34. The van der Waals surface area contributed by atoms with E-state index in [1.807, 2.05) is 37.4 Å². The zero-order valence-electron chi connectivity index (χ0n) is 17.9. The molecule has 3 aromatic rings. The van der Waals surface area contributed by atoms with Crippen LogP contribution >= 0.6 is 23.1 Å². The largest absolute Gasteiger partial charge is 0.312 e. The monoisotopic (exact) mass is 469 g/mol. The highest BCUT2D eigenvalue weighted by Gasteiger charge is 2.35. The average molecular weight is 470 g/mol. The maximum atomic E-state index is 13.0. The Morgan fingerprint density at radius 1 is 1.19 bits per heavy atom. The smallest absolute Gasteiger partial charge is 0.231 e. The van der Waals surface area contributed by atoms with Crippen LogP contribution in [-0.4, -0.2) is 23.3 Å². The third kappa shape index (κ3) is 5.37. The highest BCUT2D eigenvalue weighted by Crippen LogP contribution is 2.28. The van der Waals surface area contributed by atoms with E-state index in [2.05, 4.69) is 10.3 Å². The highest BCUT2D eigenvalue weighted by molar-refractivity contribution is 7.97. The molecule has 4 rings (SSSR count). The summed E-state index contributed by atoms with van der Waals surface area (Å²) in [6.45, 7) is 4.42. The molecule has 166 valence electrons. The summed E-state index contributed by atoms with van der Waals surface area (Å²) in [4.78, 5) is 31.4. The second-order valence-electron chi connectivity index (χ2n) is 7.93. The number of hydrogen-bond donors (Lipinski definition) is 1. The maximum Gasteiger partial charge on any atom is 0.231 e. The normalized spacial score (nSPS) is 15.9. The molecule has 0 spiro atoms. The van der Waals surface area contributed by atoms with E-state index in [4.69, 9.17) is 0 Å². The van der Waals surface area contributed by atoms with Crippen LogP contribution in [0.2, 0.25) is 0 Å². The van der Waals surface area contributed by atoms with Crippen molar-refractivity contribution in [2.24, 2.45) is 5.92 Å². The molecule has 5 nitrogen and oxygen atoms in total. The van der Waals surface area contributed by atoms with Crippen LogP contribution in [0.3, 0.4) is 0 Å². The van der Waals surface area contributed by atoms with E-state index in [0.29, 0.717) is 17.4 Å². The van der Waals surface area contributed by atoms with Gasteiger partial charge < -0.3 is 10.2 Å². The fraction of sp³-hybridized carbons (Fsp3) is 0.292. The van der Waals surface area contributed by atoms with Crippen molar-refractivity contribution >= 4 is 45.7 Å². The molecule has 2 heterocycles. The van der Waals surface area contributed by atoms with E-state index < -0.39 is 5.92 Å². The summed E-state index contributed by atoms with van der Waals surface area (Å²) in [7, 11) is 0. The molecule has 0 saturated carbocycles. The number of benzene rings is 2. The lowest BCUT2D eigenvalue weighted by Crippen LogP contribution is -2.28. The number of halogens is 1. The summed E-state index contributed by atoms with van der Waals surface area (Å²) >= 11 is 3.06. The van der Waals surface area contributed by atoms with E-state index in [1.165, 1.54) is 29.0 Å². The lowest BCUT2D eigenvalue weighted by molar-refractivity contribution is -0.122. The molecule has 0 bridgehead atoms. The molecule has 1 fully saturated rings. The molecule has 0 radical (unpaired) electrons. The first-order valence-corrected chi connectivity index (χ1v) is 12.4. The van der Waals surface area contributed by atoms with Crippen LogP contribution < -0.4 is 10.2 Å². The zero-order chi connectivity index (χ0) is 22.7. The molecule has 1 aliphatic rings. The van der Waals surface area contributed by atoms with Crippen molar-refractivity contribution in [3.63, 3.8) is 0 Å². The summed E-state index contributed by atoms with van der Waals surface area (Å²) in [5.41, 5.74) is 5.07. The van der Waals surface area contributed by atoms with Gasteiger partial charge in [0.1, 0.15) is 5.82 Å². The number of thiazole rings is 1. The van der Waals surface area contributed by atoms with Crippen LogP contribution in [0.4, 0.5) is 15.2 Å². The molecule has 1 aromatic heterocycles. The van der Waals surface area contributed by atoms with Crippen molar-refractivity contribution in [3.8, 4) is 0 Å². The van der Waals surface area contributed by atoms with E-state index in [-0.39, 0.29) is 24.1 Å². The minimum atomic E-state index is -0.399. The fourth-order valence-electron chi connectivity index (χ4n) is 3.52. The maximum absolute atomic E-state index is 13.0. The SMILES string of the molecule is Cc1ccc(N2CC(C(=O)Nc3nc(CSCc4ccc(F)cc4)cs3)CC2=O)cc1C. The zero-order valence-corrected chi connectivity index (χ0v) is 19.6. The molecular formula is C24H24FN3O2S2. The Bertz CT molecular complexity index is 1130. The van der Waals surface area contributed by atoms with Crippen LogP contribution in [-0.2, 0) is 21.1 Å². The summed E-state index contributed by atoms with van der Waals surface area (Å²) in [5.74, 6) is 0.614.